The molecule has 0 saturated heterocycles. The average Bonchev–Trinajstić information content (AvgIpc) is 2.85. The number of phenolic OH excluding ortho intramolecular Hbond substituents is 1. The van der Waals surface area contributed by atoms with Gasteiger partial charge >= 0.3 is 0 Å². The minimum atomic E-state index is -0.375. The topological polar surface area (TPSA) is 61.7 Å². The number of hydrazone groups is 1. The first-order chi connectivity index (χ1) is 11.1. The van der Waals surface area contributed by atoms with Crippen LogP contribution in [0.25, 0.3) is 10.1 Å². The Kier molecular flexibility index (Phi) is 4.32. The van der Waals surface area contributed by atoms with E-state index in [0.717, 1.165) is 15.6 Å². The Hall–Kier alpha value is -2.37. The second kappa shape index (κ2) is 6.40. The molecule has 0 aliphatic carbocycles. The number of para-hydroxylation sites is 1. The summed E-state index contributed by atoms with van der Waals surface area (Å²) in [4.78, 5) is 12.7. The van der Waals surface area contributed by atoms with E-state index >= 15 is 0 Å². The van der Waals surface area contributed by atoms with Gasteiger partial charge in [-0.15, -0.1) is 11.3 Å². The summed E-state index contributed by atoms with van der Waals surface area (Å²) in [5, 5.41) is 14.8. The first kappa shape index (κ1) is 15.5. The first-order valence-electron chi connectivity index (χ1n) is 6.86. The van der Waals surface area contributed by atoms with Gasteiger partial charge in [0.05, 0.1) is 11.2 Å². The molecule has 3 aromatic rings. The van der Waals surface area contributed by atoms with Crippen molar-refractivity contribution >= 4 is 45.1 Å². The van der Waals surface area contributed by atoms with Crippen LogP contribution in [0.1, 0.15) is 20.8 Å². The highest BCUT2D eigenvalue weighted by Crippen LogP contribution is 2.35. The fourth-order valence-corrected chi connectivity index (χ4v) is 3.63. The molecular weight excluding hydrogens is 332 g/mol. The van der Waals surface area contributed by atoms with Gasteiger partial charge in [0.1, 0.15) is 10.6 Å². The molecule has 0 aliphatic heterocycles. The van der Waals surface area contributed by atoms with Crippen molar-refractivity contribution in [1.82, 2.24) is 5.43 Å². The molecule has 0 aliphatic rings. The van der Waals surface area contributed by atoms with Crippen LogP contribution in [0.3, 0.4) is 0 Å². The Balaban J connectivity index is 1.81. The number of hydrogen-bond acceptors (Lipinski definition) is 4. The number of nitrogens with one attached hydrogen (secondary N) is 1. The molecule has 4 nitrogen and oxygen atoms in total. The highest BCUT2D eigenvalue weighted by atomic mass is 35.5. The van der Waals surface area contributed by atoms with Gasteiger partial charge < -0.3 is 5.11 Å². The van der Waals surface area contributed by atoms with Crippen LogP contribution >= 0.6 is 22.9 Å². The SMILES string of the molecule is Cc1ccc2c(Cl)c(C(=O)N/N=C/c3ccccc3O)sc2c1. The largest absolute Gasteiger partial charge is 0.507 e. The number of aryl methyl sites for hydroxylation is 1. The summed E-state index contributed by atoms with van der Waals surface area (Å²) in [6.45, 7) is 1.99. The van der Waals surface area contributed by atoms with Crippen LogP contribution in [0.2, 0.25) is 5.02 Å². The number of phenols is 1. The number of halogens is 1. The van der Waals surface area contributed by atoms with E-state index in [1.54, 1.807) is 24.3 Å². The number of carbonyl (C=O) groups excluding carboxylic acids is 1. The highest BCUT2D eigenvalue weighted by Gasteiger charge is 2.16. The monoisotopic (exact) mass is 344 g/mol. The van der Waals surface area contributed by atoms with E-state index in [0.29, 0.717) is 15.5 Å². The van der Waals surface area contributed by atoms with Crippen molar-refractivity contribution in [3.8, 4) is 5.75 Å². The van der Waals surface area contributed by atoms with E-state index in [2.05, 4.69) is 10.5 Å². The quantitative estimate of drug-likeness (QED) is 0.548. The third-order valence-electron chi connectivity index (χ3n) is 3.30. The zero-order valence-corrected chi connectivity index (χ0v) is 13.8. The number of rotatable bonds is 3. The van der Waals surface area contributed by atoms with Gasteiger partial charge in [-0.05, 0) is 30.7 Å². The molecule has 6 heteroatoms. The van der Waals surface area contributed by atoms with E-state index < -0.39 is 0 Å². The van der Waals surface area contributed by atoms with E-state index in [9.17, 15) is 9.90 Å². The van der Waals surface area contributed by atoms with Gasteiger partial charge in [-0.25, -0.2) is 5.43 Å². The van der Waals surface area contributed by atoms with Crippen LogP contribution in [0.5, 0.6) is 5.75 Å². The molecule has 1 amide bonds. The molecule has 1 heterocycles. The zero-order valence-electron chi connectivity index (χ0n) is 12.2. The van der Waals surface area contributed by atoms with Crippen molar-refractivity contribution in [2.24, 2.45) is 5.10 Å². The average molecular weight is 345 g/mol. The summed E-state index contributed by atoms with van der Waals surface area (Å²) in [5.74, 6) is -0.276. The fraction of sp³-hybridized carbons (Fsp3) is 0.0588. The molecule has 0 radical (unpaired) electrons. The summed E-state index contributed by atoms with van der Waals surface area (Å²) in [7, 11) is 0. The molecule has 116 valence electrons. The van der Waals surface area contributed by atoms with Crippen LogP contribution in [-0.4, -0.2) is 17.2 Å². The highest BCUT2D eigenvalue weighted by molar-refractivity contribution is 7.21. The summed E-state index contributed by atoms with van der Waals surface area (Å²) >= 11 is 7.61. The zero-order chi connectivity index (χ0) is 16.4. The van der Waals surface area contributed by atoms with Gasteiger partial charge in [-0.3, -0.25) is 4.79 Å². The van der Waals surface area contributed by atoms with E-state index in [-0.39, 0.29) is 11.7 Å². The van der Waals surface area contributed by atoms with Crippen LogP contribution in [0.4, 0.5) is 0 Å². The number of carbonyl (C=O) groups is 1. The van der Waals surface area contributed by atoms with Crippen molar-refractivity contribution in [2.45, 2.75) is 6.92 Å². The lowest BCUT2D eigenvalue weighted by molar-refractivity contribution is 0.0959. The summed E-state index contributed by atoms with van der Waals surface area (Å²) in [6, 6.07) is 12.6. The van der Waals surface area contributed by atoms with Gasteiger partial charge in [0.2, 0.25) is 0 Å². The maximum absolute atomic E-state index is 12.2. The molecule has 3 rings (SSSR count). The maximum Gasteiger partial charge on any atom is 0.283 e. The second-order valence-electron chi connectivity index (χ2n) is 5.00. The van der Waals surface area contributed by atoms with Crippen LogP contribution < -0.4 is 5.43 Å². The van der Waals surface area contributed by atoms with Gasteiger partial charge in [-0.2, -0.15) is 5.10 Å². The normalized spacial score (nSPS) is 11.2. The molecule has 0 atom stereocenters. The Labute approximate surface area is 142 Å². The van der Waals surface area contributed by atoms with Gasteiger partial charge in [0.15, 0.2) is 0 Å². The van der Waals surface area contributed by atoms with Crippen molar-refractivity contribution in [2.75, 3.05) is 0 Å². The number of hydrogen-bond donors (Lipinski definition) is 2. The minimum absolute atomic E-state index is 0.0980. The minimum Gasteiger partial charge on any atom is -0.507 e. The van der Waals surface area contributed by atoms with Crippen LogP contribution in [0, 0.1) is 6.92 Å². The number of benzene rings is 2. The van der Waals surface area contributed by atoms with Gasteiger partial charge in [0, 0.05) is 15.6 Å². The molecule has 1 aromatic heterocycles. The van der Waals surface area contributed by atoms with Crippen molar-refractivity contribution in [1.29, 1.82) is 0 Å². The lowest BCUT2D eigenvalue weighted by Crippen LogP contribution is -2.16. The molecule has 0 fully saturated rings. The Morgan fingerprint density at radius 2 is 2.09 bits per heavy atom. The van der Waals surface area contributed by atoms with Crippen molar-refractivity contribution < 1.29 is 9.90 Å². The van der Waals surface area contributed by atoms with Gasteiger partial charge in [-0.1, -0.05) is 35.9 Å². The lowest BCUT2D eigenvalue weighted by atomic mass is 10.2. The maximum atomic E-state index is 12.2. The molecule has 2 N–H and O–H groups in total. The number of nitrogens with zero attached hydrogens (tertiary/aromatic N) is 1. The fourth-order valence-electron chi connectivity index (χ4n) is 2.13. The molecule has 23 heavy (non-hydrogen) atoms. The van der Waals surface area contributed by atoms with Crippen molar-refractivity contribution in [3.05, 3.63) is 63.5 Å². The number of amides is 1. The third kappa shape index (κ3) is 3.21. The third-order valence-corrected chi connectivity index (χ3v) is 4.95. The summed E-state index contributed by atoms with van der Waals surface area (Å²) in [6.07, 6.45) is 1.39. The summed E-state index contributed by atoms with van der Waals surface area (Å²) < 4.78 is 0.963. The molecule has 0 bridgehead atoms. The lowest BCUT2D eigenvalue weighted by Gasteiger charge is -1.99. The molecule has 0 unspecified atom stereocenters. The molecular formula is C17H13ClN2O2S. The van der Waals surface area contributed by atoms with E-state index in [4.69, 9.17) is 11.6 Å². The number of fused-ring (bicyclic) bond motifs is 1. The van der Waals surface area contributed by atoms with E-state index in [1.807, 2.05) is 25.1 Å². The van der Waals surface area contributed by atoms with Gasteiger partial charge in [0.25, 0.3) is 5.91 Å². The predicted molar refractivity (Wildman–Crippen MR) is 94.7 cm³/mol. The standard InChI is InChI=1S/C17H13ClN2O2S/c1-10-6-7-12-14(8-10)23-16(15(12)18)17(22)20-19-9-11-4-2-3-5-13(11)21/h2-9,21H,1H3,(H,20,22)/b19-9+. The van der Waals surface area contributed by atoms with Crippen LogP contribution in [0.15, 0.2) is 47.6 Å². The Morgan fingerprint density at radius 1 is 1.30 bits per heavy atom. The summed E-state index contributed by atoms with van der Waals surface area (Å²) in [5.41, 5.74) is 4.07. The smallest absolute Gasteiger partial charge is 0.283 e. The molecule has 2 aromatic carbocycles. The number of aromatic hydroxyl groups is 1. The molecule has 0 spiro atoms. The Morgan fingerprint density at radius 3 is 2.87 bits per heavy atom. The van der Waals surface area contributed by atoms with Crippen molar-refractivity contribution in [3.63, 3.8) is 0 Å². The first-order valence-corrected chi connectivity index (χ1v) is 8.06. The predicted octanol–water partition coefficient (Wildman–Crippen LogP) is 4.33. The van der Waals surface area contributed by atoms with E-state index in [1.165, 1.54) is 17.6 Å². The molecule has 0 saturated carbocycles. The van der Waals surface area contributed by atoms with Crippen LogP contribution in [-0.2, 0) is 0 Å². The Bertz CT molecular complexity index is 918. The second-order valence-corrected chi connectivity index (χ2v) is 6.43. The number of thiophene rings is 1.